The molecule has 0 fully saturated rings. The van der Waals surface area contributed by atoms with Crippen LogP contribution in [-0.4, -0.2) is 24.1 Å². The lowest BCUT2D eigenvalue weighted by Crippen LogP contribution is -1.91. The Bertz CT molecular complexity index is 428. The summed E-state index contributed by atoms with van der Waals surface area (Å²) in [6.07, 6.45) is 1.76. The van der Waals surface area contributed by atoms with Crippen molar-refractivity contribution in [3.05, 3.63) is 48.3 Å². The van der Waals surface area contributed by atoms with E-state index in [1.54, 1.807) is 6.20 Å². The van der Waals surface area contributed by atoms with Crippen LogP contribution in [0.4, 0.5) is 11.6 Å². The van der Waals surface area contributed by atoms with Gasteiger partial charge in [0.2, 0.25) is 0 Å². The van der Waals surface area contributed by atoms with E-state index in [1.807, 2.05) is 57.4 Å². The molecule has 0 spiro atoms. The normalized spacial score (nSPS) is 8.88. The second-order valence-electron chi connectivity index (χ2n) is 3.38. The first kappa shape index (κ1) is 13.0. The Morgan fingerprint density at radius 2 is 1.59 bits per heavy atom. The Labute approximate surface area is 102 Å². The second-order valence-corrected chi connectivity index (χ2v) is 3.38. The largest absolute Gasteiger partial charge is 0.373 e. The minimum atomic E-state index is 0.910. The van der Waals surface area contributed by atoms with Crippen LogP contribution < -0.4 is 10.6 Å². The van der Waals surface area contributed by atoms with Crippen molar-refractivity contribution in [2.24, 2.45) is 0 Å². The highest BCUT2D eigenvalue weighted by molar-refractivity contribution is 5.33. The number of hydrogen-bond donors (Lipinski definition) is 2. The van der Waals surface area contributed by atoms with E-state index in [2.05, 4.69) is 20.6 Å². The molecule has 2 heterocycles. The Morgan fingerprint density at radius 1 is 0.882 bits per heavy atom. The lowest BCUT2D eigenvalue weighted by Gasteiger charge is -1.97. The molecule has 0 saturated heterocycles. The number of anilines is 2. The molecule has 90 valence electrons. The first-order chi connectivity index (χ1) is 8.26. The van der Waals surface area contributed by atoms with Crippen molar-refractivity contribution in [2.75, 3.05) is 24.7 Å². The maximum absolute atomic E-state index is 4.18. The van der Waals surface area contributed by atoms with Crippen LogP contribution in [-0.2, 0) is 0 Å². The molecule has 2 rings (SSSR count). The van der Waals surface area contributed by atoms with Crippen molar-refractivity contribution in [2.45, 2.75) is 6.92 Å². The monoisotopic (exact) mass is 230 g/mol. The van der Waals surface area contributed by atoms with E-state index in [-0.39, 0.29) is 0 Å². The fraction of sp³-hybridized carbons (Fsp3) is 0.231. The molecular formula is C13H18N4. The first-order valence-electron chi connectivity index (χ1n) is 5.46. The van der Waals surface area contributed by atoms with Crippen molar-refractivity contribution in [3.63, 3.8) is 0 Å². The van der Waals surface area contributed by atoms with Gasteiger partial charge in [-0.2, -0.15) is 0 Å². The van der Waals surface area contributed by atoms with Crippen molar-refractivity contribution in [1.29, 1.82) is 0 Å². The van der Waals surface area contributed by atoms with Gasteiger partial charge in [0.05, 0.1) is 0 Å². The molecule has 0 saturated carbocycles. The van der Waals surface area contributed by atoms with Gasteiger partial charge in [0.25, 0.3) is 0 Å². The molecule has 2 aromatic heterocycles. The Morgan fingerprint density at radius 3 is 2.00 bits per heavy atom. The van der Waals surface area contributed by atoms with Gasteiger partial charge >= 0.3 is 0 Å². The van der Waals surface area contributed by atoms with Crippen LogP contribution in [0.2, 0.25) is 0 Å². The van der Waals surface area contributed by atoms with Crippen molar-refractivity contribution in [1.82, 2.24) is 9.97 Å². The number of pyridine rings is 2. The molecule has 0 radical (unpaired) electrons. The van der Waals surface area contributed by atoms with E-state index in [4.69, 9.17) is 0 Å². The van der Waals surface area contributed by atoms with Crippen LogP contribution in [0.1, 0.15) is 5.69 Å². The predicted molar refractivity (Wildman–Crippen MR) is 72.3 cm³/mol. The van der Waals surface area contributed by atoms with Crippen molar-refractivity contribution < 1.29 is 0 Å². The van der Waals surface area contributed by atoms with Gasteiger partial charge in [0, 0.05) is 26.0 Å². The molecule has 0 unspecified atom stereocenters. The van der Waals surface area contributed by atoms with Crippen LogP contribution in [0.15, 0.2) is 42.6 Å². The van der Waals surface area contributed by atoms with Crippen LogP contribution in [0.3, 0.4) is 0 Å². The number of aryl methyl sites for hydroxylation is 1. The minimum absolute atomic E-state index is 0.910. The molecule has 0 aliphatic carbocycles. The maximum Gasteiger partial charge on any atom is 0.125 e. The van der Waals surface area contributed by atoms with Gasteiger partial charge in [-0.25, -0.2) is 9.97 Å². The van der Waals surface area contributed by atoms with E-state index < -0.39 is 0 Å². The fourth-order valence-electron chi connectivity index (χ4n) is 1.19. The molecule has 0 atom stereocenters. The van der Waals surface area contributed by atoms with Crippen LogP contribution in [0, 0.1) is 6.92 Å². The molecule has 2 N–H and O–H groups in total. The summed E-state index contributed by atoms with van der Waals surface area (Å²) in [5, 5.41) is 5.87. The Hall–Kier alpha value is -2.10. The number of nitrogens with one attached hydrogen (secondary N) is 2. The lowest BCUT2D eigenvalue weighted by atomic mass is 10.4. The molecular weight excluding hydrogens is 212 g/mol. The quantitative estimate of drug-likeness (QED) is 0.832. The molecule has 4 nitrogen and oxygen atoms in total. The zero-order chi connectivity index (χ0) is 12.5. The average Bonchev–Trinajstić information content (AvgIpc) is 2.40. The molecule has 0 bridgehead atoms. The van der Waals surface area contributed by atoms with E-state index in [1.165, 1.54) is 0 Å². The van der Waals surface area contributed by atoms with Gasteiger partial charge in [-0.15, -0.1) is 0 Å². The standard InChI is InChI=1S/C7H10N2.C6H8N2/c1-6-4-3-5-7(8-2)9-6;1-7-6-4-2-3-5-8-6/h3-5H,1-2H3,(H,8,9);2-5H,1H3,(H,7,8). The zero-order valence-corrected chi connectivity index (χ0v) is 10.4. The van der Waals surface area contributed by atoms with Gasteiger partial charge in [-0.1, -0.05) is 12.1 Å². The third kappa shape index (κ3) is 4.97. The summed E-state index contributed by atoms with van der Waals surface area (Å²) < 4.78 is 0. The molecule has 4 heteroatoms. The summed E-state index contributed by atoms with van der Waals surface area (Å²) in [7, 11) is 3.71. The summed E-state index contributed by atoms with van der Waals surface area (Å²) in [4.78, 5) is 8.17. The first-order valence-corrected chi connectivity index (χ1v) is 5.46. The number of nitrogens with zero attached hydrogens (tertiary/aromatic N) is 2. The van der Waals surface area contributed by atoms with Crippen molar-refractivity contribution in [3.8, 4) is 0 Å². The second kappa shape index (κ2) is 7.22. The lowest BCUT2D eigenvalue weighted by molar-refractivity contribution is 1.19. The summed E-state index contributed by atoms with van der Waals surface area (Å²) >= 11 is 0. The third-order valence-corrected chi connectivity index (χ3v) is 2.07. The Kier molecular flexibility index (Phi) is 5.51. The summed E-state index contributed by atoms with van der Waals surface area (Å²) in [5.41, 5.74) is 1.04. The molecule has 0 aliphatic rings. The van der Waals surface area contributed by atoms with Gasteiger partial charge < -0.3 is 10.6 Å². The summed E-state index contributed by atoms with van der Waals surface area (Å²) in [6.45, 7) is 1.97. The third-order valence-electron chi connectivity index (χ3n) is 2.07. The van der Waals surface area contributed by atoms with Gasteiger partial charge in [-0.05, 0) is 31.2 Å². The maximum atomic E-state index is 4.18. The fourth-order valence-corrected chi connectivity index (χ4v) is 1.19. The van der Waals surface area contributed by atoms with E-state index in [0.717, 1.165) is 17.3 Å². The highest BCUT2D eigenvalue weighted by atomic mass is 15.0. The van der Waals surface area contributed by atoms with Gasteiger partial charge in [-0.3, -0.25) is 0 Å². The van der Waals surface area contributed by atoms with Crippen LogP contribution in [0.25, 0.3) is 0 Å². The van der Waals surface area contributed by atoms with Gasteiger partial charge in [0.15, 0.2) is 0 Å². The summed E-state index contributed by atoms with van der Waals surface area (Å²) in [5.74, 6) is 1.84. The average molecular weight is 230 g/mol. The number of rotatable bonds is 2. The van der Waals surface area contributed by atoms with E-state index in [0.29, 0.717) is 0 Å². The molecule has 2 aromatic rings. The van der Waals surface area contributed by atoms with Crippen LogP contribution >= 0.6 is 0 Å². The zero-order valence-electron chi connectivity index (χ0n) is 10.4. The highest BCUT2D eigenvalue weighted by Crippen LogP contribution is 2.00. The number of hydrogen-bond acceptors (Lipinski definition) is 4. The number of aromatic nitrogens is 2. The minimum Gasteiger partial charge on any atom is -0.373 e. The SMILES string of the molecule is CNc1cccc(C)n1.CNc1ccccn1. The van der Waals surface area contributed by atoms with E-state index >= 15 is 0 Å². The van der Waals surface area contributed by atoms with E-state index in [9.17, 15) is 0 Å². The predicted octanol–water partition coefficient (Wildman–Crippen LogP) is 2.56. The molecule has 17 heavy (non-hydrogen) atoms. The van der Waals surface area contributed by atoms with Crippen molar-refractivity contribution >= 4 is 11.6 Å². The molecule has 0 amide bonds. The molecule has 0 aliphatic heterocycles. The summed E-state index contributed by atoms with van der Waals surface area (Å²) in [6, 6.07) is 11.6. The smallest absolute Gasteiger partial charge is 0.125 e. The topological polar surface area (TPSA) is 49.8 Å². The Balaban J connectivity index is 0.000000171. The highest BCUT2D eigenvalue weighted by Gasteiger charge is 1.86. The molecule has 0 aromatic carbocycles. The van der Waals surface area contributed by atoms with Crippen LogP contribution in [0.5, 0.6) is 0 Å². The van der Waals surface area contributed by atoms with Gasteiger partial charge in [0.1, 0.15) is 11.6 Å².